The van der Waals surface area contributed by atoms with Gasteiger partial charge in [0.05, 0.1) is 7.11 Å². The van der Waals surface area contributed by atoms with E-state index in [1.165, 1.54) is 25.4 Å². The Hall–Kier alpha value is -0.640. The highest BCUT2D eigenvalue weighted by Gasteiger charge is 2.04. The fourth-order valence-corrected chi connectivity index (χ4v) is 2.05. The van der Waals surface area contributed by atoms with Crippen LogP contribution in [-0.4, -0.2) is 42.6 Å². The van der Waals surface area contributed by atoms with Gasteiger partial charge in [-0.2, -0.15) is 11.8 Å². The Bertz CT molecular complexity index is 186. The zero-order valence-corrected chi connectivity index (χ0v) is 8.68. The van der Waals surface area contributed by atoms with Crippen molar-refractivity contribution in [3.63, 3.8) is 0 Å². The molecule has 1 aliphatic rings. The minimum absolute atomic E-state index is 0.281. The van der Waals surface area contributed by atoms with Crippen molar-refractivity contribution >= 4 is 17.7 Å². The summed E-state index contributed by atoms with van der Waals surface area (Å²) < 4.78 is 4.51. The Morgan fingerprint density at radius 2 is 2.31 bits per heavy atom. The highest BCUT2D eigenvalue weighted by molar-refractivity contribution is 7.99. The maximum absolute atomic E-state index is 10.8. The van der Waals surface area contributed by atoms with Crippen LogP contribution in [0.4, 0.5) is 0 Å². The third-order valence-electron chi connectivity index (χ3n) is 1.88. The normalized spacial score (nSPS) is 18.7. The molecular formula is C9H15NO2S. The predicted octanol–water partition coefficient (Wildman–Crippen LogP) is 1.11. The molecule has 4 heteroatoms. The highest BCUT2D eigenvalue weighted by atomic mass is 32.2. The van der Waals surface area contributed by atoms with Crippen molar-refractivity contribution in [2.75, 3.05) is 31.7 Å². The number of nitrogens with zero attached hydrogens (tertiary/aromatic N) is 1. The Labute approximate surface area is 83.1 Å². The molecule has 3 nitrogen and oxygen atoms in total. The lowest BCUT2D eigenvalue weighted by molar-refractivity contribution is -0.134. The summed E-state index contributed by atoms with van der Waals surface area (Å²) in [6, 6.07) is 0. The first-order valence-electron chi connectivity index (χ1n) is 4.41. The summed E-state index contributed by atoms with van der Waals surface area (Å²) in [5.41, 5.74) is 0. The van der Waals surface area contributed by atoms with E-state index in [0.29, 0.717) is 0 Å². The summed E-state index contributed by atoms with van der Waals surface area (Å²) in [5, 5.41) is 0. The zero-order valence-electron chi connectivity index (χ0n) is 7.86. The highest BCUT2D eigenvalue weighted by Crippen LogP contribution is 2.09. The molecule has 0 atom stereocenters. The lowest BCUT2D eigenvalue weighted by Gasteiger charge is -2.15. The van der Waals surface area contributed by atoms with Crippen LogP contribution in [0.1, 0.15) is 6.42 Å². The van der Waals surface area contributed by atoms with Crippen molar-refractivity contribution in [1.29, 1.82) is 0 Å². The minimum Gasteiger partial charge on any atom is -0.466 e. The van der Waals surface area contributed by atoms with E-state index in [1.807, 2.05) is 18.0 Å². The molecule has 1 heterocycles. The molecule has 74 valence electrons. The van der Waals surface area contributed by atoms with E-state index >= 15 is 0 Å². The molecule has 0 radical (unpaired) electrons. The Morgan fingerprint density at radius 1 is 1.46 bits per heavy atom. The molecule has 0 aromatic carbocycles. The van der Waals surface area contributed by atoms with E-state index in [9.17, 15) is 4.79 Å². The van der Waals surface area contributed by atoms with Crippen molar-refractivity contribution in [3.8, 4) is 0 Å². The lowest BCUT2D eigenvalue weighted by Crippen LogP contribution is -2.19. The molecule has 0 aromatic rings. The van der Waals surface area contributed by atoms with Crippen molar-refractivity contribution in [1.82, 2.24) is 4.90 Å². The molecule has 0 unspecified atom stereocenters. The first kappa shape index (κ1) is 10.4. The van der Waals surface area contributed by atoms with Gasteiger partial charge in [0.2, 0.25) is 0 Å². The van der Waals surface area contributed by atoms with E-state index in [0.717, 1.165) is 18.8 Å². The van der Waals surface area contributed by atoms with Gasteiger partial charge >= 0.3 is 5.97 Å². The number of esters is 1. The Kier molecular flexibility index (Phi) is 4.75. The summed E-state index contributed by atoms with van der Waals surface area (Å²) in [5.74, 6) is 2.09. The second-order valence-corrected chi connectivity index (χ2v) is 4.07. The second-order valence-electron chi connectivity index (χ2n) is 2.84. The number of ether oxygens (including phenoxy) is 1. The molecule has 13 heavy (non-hydrogen) atoms. The van der Waals surface area contributed by atoms with E-state index in [1.54, 1.807) is 0 Å². The quantitative estimate of drug-likeness (QED) is 0.494. The molecule has 0 aromatic heterocycles. The van der Waals surface area contributed by atoms with Crippen molar-refractivity contribution in [2.24, 2.45) is 0 Å². The number of carbonyl (C=O) groups is 1. The topological polar surface area (TPSA) is 29.5 Å². The number of carbonyl (C=O) groups excluding carboxylic acids is 1. The van der Waals surface area contributed by atoms with Crippen LogP contribution < -0.4 is 0 Å². The Morgan fingerprint density at radius 3 is 3.08 bits per heavy atom. The number of thioether (sulfide) groups is 1. The van der Waals surface area contributed by atoms with Crippen LogP contribution >= 0.6 is 11.8 Å². The van der Waals surface area contributed by atoms with E-state index < -0.39 is 0 Å². The smallest absolute Gasteiger partial charge is 0.331 e. The van der Waals surface area contributed by atoms with Crippen LogP contribution in [0.3, 0.4) is 0 Å². The molecule has 0 aliphatic carbocycles. The fourth-order valence-electron chi connectivity index (χ4n) is 1.15. The van der Waals surface area contributed by atoms with Gasteiger partial charge < -0.3 is 9.64 Å². The SMILES string of the molecule is COC(=O)C=CN1CCCSCC1. The minimum atomic E-state index is -0.281. The molecule has 1 saturated heterocycles. The zero-order chi connectivity index (χ0) is 9.52. The van der Waals surface area contributed by atoms with Crippen molar-refractivity contribution < 1.29 is 9.53 Å². The summed E-state index contributed by atoms with van der Waals surface area (Å²) >= 11 is 1.97. The summed E-state index contributed by atoms with van der Waals surface area (Å²) in [6.45, 7) is 2.07. The van der Waals surface area contributed by atoms with Gasteiger partial charge in [-0.05, 0) is 12.2 Å². The summed E-state index contributed by atoms with van der Waals surface area (Å²) in [4.78, 5) is 13.0. The van der Waals surface area contributed by atoms with Gasteiger partial charge in [0.25, 0.3) is 0 Å². The van der Waals surface area contributed by atoms with Gasteiger partial charge in [0.1, 0.15) is 0 Å². The van der Waals surface area contributed by atoms with Crippen molar-refractivity contribution in [3.05, 3.63) is 12.3 Å². The summed E-state index contributed by atoms with van der Waals surface area (Å²) in [7, 11) is 1.39. The predicted molar refractivity (Wildman–Crippen MR) is 54.7 cm³/mol. The molecule has 1 rings (SSSR count). The first-order valence-corrected chi connectivity index (χ1v) is 5.56. The maximum Gasteiger partial charge on any atom is 0.331 e. The van der Waals surface area contributed by atoms with E-state index in [4.69, 9.17) is 0 Å². The maximum atomic E-state index is 10.8. The van der Waals surface area contributed by atoms with Crippen LogP contribution in [0.25, 0.3) is 0 Å². The average Bonchev–Trinajstić information content (AvgIpc) is 2.42. The van der Waals surface area contributed by atoms with E-state index in [-0.39, 0.29) is 5.97 Å². The van der Waals surface area contributed by atoms with Crippen molar-refractivity contribution in [2.45, 2.75) is 6.42 Å². The Balaban J connectivity index is 2.33. The van der Waals surface area contributed by atoms with Gasteiger partial charge in [0.15, 0.2) is 0 Å². The standard InChI is InChI=1S/C9H15NO2S/c1-12-9(11)3-5-10-4-2-7-13-8-6-10/h3,5H,2,4,6-8H2,1H3. The second kappa shape index (κ2) is 5.91. The fraction of sp³-hybridized carbons (Fsp3) is 0.667. The molecule has 1 fully saturated rings. The molecular weight excluding hydrogens is 186 g/mol. The number of methoxy groups -OCH3 is 1. The number of rotatable bonds is 2. The van der Waals surface area contributed by atoms with Crippen LogP contribution in [0.5, 0.6) is 0 Å². The number of hydrogen-bond acceptors (Lipinski definition) is 4. The van der Waals surface area contributed by atoms with Gasteiger partial charge in [-0.25, -0.2) is 4.79 Å². The van der Waals surface area contributed by atoms with Crippen LogP contribution in [0.2, 0.25) is 0 Å². The van der Waals surface area contributed by atoms with Crippen LogP contribution in [0.15, 0.2) is 12.3 Å². The molecule has 0 spiro atoms. The first-order chi connectivity index (χ1) is 6.33. The van der Waals surface area contributed by atoms with Crippen LogP contribution in [-0.2, 0) is 9.53 Å². The summed E-state index contributed by atoms with van der Waals surface area (Å²) in [6.07, 6.45) is 4.50. The third kappa shape index (κ3) is 4.22. The molecule has 0 saturated carbocycles. The molecule has 0 amide bonds. The number of hydrogen-bond donors (Lipinski definition) is 0. The largest absolute Gasteiger partial charge is 0.466 e. The van der Waals surface area contributed by atoms with Crippen LogP contribution in [0, 0.1) is 0 Å². The van der Waals surface area contributed by atoms with Gasteiger partial charge in [-0.3, -0.25) is 0 Å². The van der Waals surface area contributed by atoms with Gasteiger partial charge in [0, 0.05) is 31.1 Å². The average molecular weight is 201 g/mol. The molecule has 0 N–H and O–H groups in total. The van der Waals surface area contributed by atoms with Gasteiger partial charge in [-0.1, -0.05) is 0 Å². The molecule has 0 bridgehead atoms. The monoisotopic (exact) mass is 201 g/mol. The lowest BCUT2D eigenvalue weighted by atomic mass is 10.4. The van der Waals surface area contributed by atoms with Gasteiger partial charge in [-0.15, -0.1) is 0 Å². The molecule has 1 aliphatic heterocycles. The van der Waals surface area contributed by atoms with E-state index in [2.05, 4.69) is 9.64 Å². The third-order valence-corrected chi connectivity index (χ3v) is 2.93.